The summed E-state index contributed by atoms with van der Waals surface area (Å²) >= 11 is 0. The van der Waals surface area contributed by atoms with Crippen LogP contribution in [0.2, 0.25) is 0 Å². The Hall–Kier alpha value is -2.20. The molecule has 23 heavy (non-hydrogen) atoms. The molecule has 1 saturated heterocycles. The molecule has 1 aliphatic heterocycles. The van der Waals surface area contributed by atoms with Crippen molar-refractivity contribution < 1.29 is 13.9 Å². The second kappa shape index (κ2) is 6.92. The molecular formula is C19H20FNO2. The van der Waals surface area contributed by atoms with E-state index in [1.807, 2.05) is 36.1 Å². The van der Waals surface area contributed by atoms with Crippen LogP contribution in [0.1, 0.15) is 22.8 Å². The zero-order valence-corrected chi connectivity index (χ0v) is 13.2. The summed E-state index contributed by atoms with van der Waals surface area (Å²) in [5, 5.41) is 0. The van der Waals surface area contributed by atoms with Gasteiger partial charge in [0.05, 0.1) is 19.6 Å². The van der Waals surface area contributed by atoms with Crippen LogP contribution >= 0.6 is 0 Å². The maximum Gasteiger partial charge on any atom is 0.227 e. The number of rotatable bonds is 3. The first-order chi connectivity index (χ1) is 11.1. The highest BCUT2D eigenvalue weighted by atomic mass is 19.1. The Kier molecular flexibility index (Phi) is 4.72. The van der Waals surface area contributed by atoms with E-state index in [4.69, 9.17) is 4.74 Å². The highest BCUT2D eigenvalue weighted by Crippen LogP contribution is 2.23. The molecule has 4 heteroatoms. The summed E-state index contributed by atoms with van der Waals surface area (Å²) in [4.78, 5) is 14.4. The third-order valence-corrected chi connectivity index (χ3v) is 4.26. The average Bonchev–Trinajstić information content (AvgIpc) is 2.58. The maximum atomic E-state index is 13.0. The summed E-state index contributed by atoms with van der Waals surface area (Å²) in [6, 6.07) is 14.2. The second-order valence-electron chi connectivity index (χ2n) is 5.85. The molecule has 2 aromatic carbocycles. The lowest BCUT2D eigenvalue weighted by Gasteiger charge is -2.33. The molecule has 1 aliphatic rings. The highest BCUT2D eigenvalue weighted by molar-refractivity contribution is 5.79. The van der Waals surface area contributed by atoms with E-state index in [0.717, 1.165) is 16.7 Å². The van der Waals surface area contributed by atoms with Crippen molar-refractivity contribution in [2.24, 2.45) is 0 Å². The van der Waals surface area contributed by atoms with Crippen LogP contribution in [0.25, 0.3) is 0 Å². The van der Waals surface area contributed by atoms with Gasteiger partial charge in [-0.25, -0.2) is 4.39 Å². The van der Waals surface area contributed by atoms with Crippen LogP contribution in [0.4, 0.5) is 4.39 Å². The summed E-state index contributed by atoms with van der Waals surface area (Å²) < 4.78 is 18.8. The zero-order chi connectivity index (χ0) is 16.2. The molecule has 2 aromatic rings. The summed E-state index contributed by atoms with van der Waals surface area (Å²) in [6.07, 6.45) is 0.216. The number of carbonyl (C=O) groups is 1. The van der Waals surface area contributed by atoms with E-state index in [0.29, 0.717) is 26.1 Å². The zero-order valence-electron chi connectivity index (χ0n) is 13.2. The van der Waals surface area contributed by atoms with Gasteiger partial charge in [-0.2, -0.15) is 0 Å². The molecule has 0 bridgehead atoms. The first kappa shape index (κ1) is 15.7. The predicted molar refractivity (Wildman–Crippen MR) is 86.6 cm³/mol. The molecular weight excluding hydrogens is 293 g/mol. The lowest BCUT2D eigenvalue weighted by atomic mass is 10.0. The van der Waals surface area contributed by atoms with Gasteiger partial charge in [0.25, 0.3) is 0 Å². The molecule has 1 amide bonds. The molecule has 0 saturated carbocycles. The smallest absolute Gasteiger partial charge is 0.227 e. The van der Waals surface area contributed by atoms with Crippen molar-refractivity contribution in [3.63, 3.8) is 0 Å². The van der Waals surface area contributed by atoms with Crippen LogP contribution in [0.3, 0.4) is 0 Å². The van der Waals surface area contributed by atoms with E-state index < -0.39 is 0 Å². The van der Waals surface area contributed by atoms with Crippen LogP contribution in [-0.4, -0.2) is 30.5 Å². The van der Waals surface area contributed by atoms with Crippen molar-refractivity contribution in [3.05, 3.63) is 71.0 Å². The fourth-order valence-electron chi connectivity index (χ4n) is 2.84. The molecule has 1 atom stereocenters. The van der Waals surface area contributed by atoms with Crippen molar-refractivity contribution >= 4 is 5.91 Å². The number of hydrogen-bond acceptors (Lipinski definition) is 2. The van der Waals surface area contributed by atoms with Gasteiger partial charge in [-0.1, -0.05) is 36.4 Å². The Labute approximate surface area is 135 Å². The number of halogens is 1. The number of benzene rings is 2. The maximum absolute atomic E-state index is 13.0. The van der Waals surface area contributed by atoms with Gasteiger partial charge in [-0.3, -0.25) is 4.79 Å². The molecule has 3 nitrogen and oxygen atoms in total. The summed E-state index contributed by atoms with van der Waals surface area (Å²) in [5.41, 5.74) is 3.09. The number of hydrogen-bond donors (Lipinski definition) is 0. The Balaban J connectivity index is 1.67. The first-order valence-electron chi connectivity index (χ1n) is 7.83. The van der Waals surface area contributed by atoms with Gasteiger partial charge >= 0.3 is 0 Å². The van der Waals surface area contributed by atoms with Crippen LogP contribution in [-0.2, 0) is 16.0 Å². The third-order valence-electron chi connectivity index (χ3n) is 4.26. The minimum atomic E-state index is -0.267. The minimum absolute atomic E-state index is 0.106. The summed E-state index contributed by atoms with van der Waals surface area (Å²) in [5.74, 6) is -0.160. The van der Waals surface area contributed by atoms with Gasteiger partial charge in [0.15, 0.2) is 0 Å². The van der Waals surface area contributed by atoms with Crippen molar-refractivity contribution in [2.75, 3.05) is 19.7 Å². The van der Waals surface area contributed by atoms with Gasteiger partial charge in [0.2, 0.25) is 5.91 Å². The van der Waals surface area contributed by atoms with E-state index in [1.165, 1.54) is 12.1 Å². The molecule has 1 heterocycles. The largest absolute Gasteiger partial charge is 0.370 e. The molecule has 0 unspecified atom stereocenters. The van der Waals surface area contributed by atoms with Gasteiger partial charge in [-0.15, -0.1) is 0 Å². The molecule has 3 rings (SSSR count). The highest BCUT2D eigenvalue weighted by Gasteiger charge is 2.25. The normalized spacial score (nSPS) is 18.0. The molecule has 120 valence electrons. The van der Waals surface area contributed by atoms with Crippen molar-refractivity contribution in [2.45, 2.75) is 19.4 Å². The van der Waals surface area contributed by atoms with Crippen molar-refractivity contribution in [3.8, 4) is 0 Å². The van der Waals surface area contributed by atoms with E-state index in [-0.39, 0.29) is 17.8 Å². The van der Waals surface area contributed by atoms with Crippen molar-refractivity contribution in [1.82, 2.24) is 4.90 Å². The predicted octanol–water partition coefficient (Wildman–Crippen LogP) is 3.28. The molecule has 0 aliphatic carbocycles. The van der Waals surface area contributed by atoms with Gasteiger partial charge in [0.1, 0.15) is 11.9 Å². The van der Waals surface area contributed by atoms with Gasteiger partial charge < -0.3 is 9.64 Å². The minimum Gasteiger partial charge on any atom is -0.370 e. The van der Waals surface area contributed by atoms with E-state index >= 15 is 0 Å². The molecule has 1 fully saturated rings. The summed E-state index contributed by atoms with van der Waals surface area (Å²) in [7, 11) is 0. The summed E-state index contributed by atoms with van der Waals surface area (Å²) in [6.45, 7) is 3.63. The van der Waals surface area contributed by atoms with Gasteiger partial charge in [0, 0.05) is 6.54 Å². The lowest BCUT2D eigenvalue weighted by molar-refractivity contribution is -0.138. The number of ether oxygens (including phenoxy) is 1. The number of carbonyl (C=O) groups excluding carboxylic acids is 1. The van der Waals surface area contributed by atoms with E-state index in [2.05, 4.69) is 0 Å². The van der Waals surface area contributed by atoms with E-state index in [9.17, 15) is 9.18 Å². The number of aryl methyl sites for hydroxylation is 1. The molecule has 0 spiro atoms. The monoisotopic (exact) mass is 313 g/mol. The number of amides is 1. The lowest BCUT2D eigenvalue weighted by Crippen LogP contribution is -2.43. The SMILES string of the molecule is Cc1ccccc1CC(=O)N1CCO[C@H](c2ccc(F)cc2)C1. The average molecular weight is 313 g/mol. The Morgan fingerprint density at radius 3 is 2.70 bits per heavy atom. The van der Waals surface area contributed by atoms with Crippen LogP contribution < -0.4 is 0 Å². The third kappa shape index (κ3) is 3.77. The van der Waals surface area contributed by atoms with Crippen molar-refractivity contribution in [1.29, 1.82) is 0 Å². The standard InChI is InChI=1S/C19H20FNO2/c1-14-4-2-3-5-16(14)12-19(22)21-10-11-23-18(13-21)15-6-8-17(20)9-7-15/h2-9,18H,10-13H2,1H3/t18-/m0/s1. The van der Waals surface area contributed by atoms with Crippen LogP contribution in [0, 0.1) is 12.7 Å². The Morgan fingerprint density at radius 1 is 1.22 bits per heavy atom. The molecule has 0 radical (unpaired) electrons. The first-order valence-corrected chi connectivity index (χ1v) is 7.83. The van der Waals surface area contributed by atoms with Gasteiger partial charge in [-0.05, 0) is 35.7 Å². The Bertz CT molecular complexity index is 684. The Morgan fingerprint density at radius 2 is 1.96 bits per heavy atom. The van der Waals surface area contributed by atoms with Crippen LogP contribution in [0.5, 0.6) is 0 Å². The van der Waals surface area contributed by atoms with E-state index in [1.54, 1.807) is 12.1 Å². The quantitative estimate of drug-likeness (QED) is 0.870. The topological polar surface area (TPSA) is 29.5 Å². The van der Waals surface area contributed by atoms with Crippen LogP contribution in [0.15, 0.2) is 48.5 Å². The second-order valence-corrected chi connectivity index (χ2v) is 5.85. The molecule has 0 N–H and O–H groups in total. The fourth-order valence-corrected chi connectivity index (χ4v) is 2.84. The number of morpholine rings is 1. The fraction of sp³-hybridized carbons (Fsp3) is 0.316. The molecule has 0 aromatic heterocycles. The number of nitrogens with zero attached hydrogens (tertiary/aromatic N) is 1.